The molecule has 7 heteroatoms. The Balaban J connectivity index is 1.54. The van der Waals surface area contributed by atoms with Crippen molar-refractivity contribution >= 4 is 11.3 Å². The lowest BCUT2D eigenvalue weighted by atomic mass is 9.97. The third-order valence-corrected chi connectivity index (χ3v) is 5.90. The Morgan fingerprint density at radius 1 is 1.38 bits per heavy atom. The molecule has 128 valence electrons. The van der Waals surface area contributed by atoms with Gasteiger partial charge in [0, 0.05) is 17.5 Å². The fourth-order valence-corrected chi connectivity index (χ4v) is 4.24. The van der Waals surface area contributed by atoms with Crippen LogP contribution in [0.4, 0.5) is 0 Å². The molecule has 2 atom stereocenters. The second-order valence-corrected chi connectivity index (χ2v) is 7.50. The van der Waals surface area contributed by atoms with Gasteiger partial charge in [-0.05, 0) is 38.2 Å². The second-order valence-electron chi connectivity index (χ2n) is 6.56. The van der Waals surface area contributed by atoms with Crippen LogP contribution in [0.25, 0.3) is 0 Å². The molecule has 3 heterocycles. The molecule has 1 aliphatic carbocycles. The molecular weight excluding hydrogens is 324 g/mol. The Kier molecular flexibility index (Phi) is 4.47. The summed E-state index contributed by atoms with van der Waals surface area (Å²) in [6.07, 6.45) is 4.27. The van der Waals surface area contributed by atoms with E-state index >= 15 is 0 Å². The highest BCUT2D eigenvalue weighted by Crippen LogP contribution is 2.22. The third kappa shape index (κ3) is 3.03. The van der Waals surface area contributed by atoms with Gasteiger partial charge in [0.1, 0.15) is 0 Å². The molecule has 1 aliphatic heterocycles. The lowest BCUT2D eigenvalue weighted by Crippen LogP contribution is -2.41. The van der Waals surface area contributed by atoms with Crippen LogP contribution >= 0.6 is 11.3 Å². The minimum atomic E-state index is -0.0436. The number of thiazole rings is 1. The largest absolute Gasteiger partial charge is 0.377 e. The van der Waals surface area contributed by atoms with Crippen molar-refractivity contribution in [3.63, 3.8) is 0 Å². The summed E-state index contributed by atoms with van der Waals surface area (Å²) >= 11 is 1.65. The zero-order chi connectivity index (χ0) is 16.5. The maximum absolute atomic E-state index is 12.5. The van der Waals surface area contributed by atoms with Gasteiger partial charge < -0.3 is 10.1 Å². The highest BCUT2D eigenvalue weighted by atomic mass is 32.1. The highest BCUT2D eigenvalue weighted by molar-refractivity contribution is 7.09. The molecule has 2 aliphatic rings. The SMILES string of the molecule is Cc1ncsc1CNC1COCC1n1nc2c(cc1=O)CCCC2. The van der Waals surface area contributed by atoms with E-state index in [1.54, 1.807) is 22.1 Å². The van der Waals surface area contributed by atoms with Crippen LogP contribution < -0.4 is 10.9 Å². The topological polar surface area (TPSA) is 69.0 Å². The Bertz CT molecular complexity index is 785. The van der Waals surface area contributed by atoms with Gasteiger partial charge in [0.2, 0.25) is 0 Å². The average molecular weight is 346 g/mol. The molecule has 0 spiro atoms. The van der Waals surface area contributed by atoms with Gasteiger partial charge in [-0.3, -0.25) is 4.79 Å². The number of nitrogens with one attached hydrogen (secondary N) is 1. The standard InChI is InChI=1S/C17H22N4O2S/c1-11-16(24-10-19-11)7-18-14-8-23-9-15(14)21-17(22)6-12-4-2-3-5-13(12)20-21/h6,10,14-15,18H,2-5,7-9H2,1H3. The molecule has 6 nitrogen and oxygen atoms in total. The first-order valence-corrected chi connectivity index (χ1v) is 9.42. The van der Waals surface area contributed by atoms with E-state index in [2.05, 4.69) is 15.4 Å². The minimum Gasteiger partial charge on any atom is -0.377 e. The van der Waals surface area contributed by atoms with Crippen LogP contribution in [0.3, 0.4) is 0 Å². The summed E-state index contributed by atoms with van der Waals surface area (Å²) in [4.78, 5) is 18.0. The molecule has 2 aromatic heterocycles. The number of hydrogen-bond acceptors (Lipinski definition) is 6. The molecule has 4 rings (SSSR count). The van der Waals surface area contributed by atoms with E-state index in [-0.39, 0.29) is 17.6 Å². The molecule has 1 fully saturated rings. The molecule has 0 saturated carbocycles. The fourth-order valence-electron chi connectivity index (χ4n) is 3.51. The van der Waals surface area contributed by atoms with E-state index in [0.29, 0.717) is 13.2 Å². The zero-order valence-corrected chi connectivity index (χ0v) is 14.6. The summed E-state index contributed by atoms with van der Waals surface area (Å²) in [7, 11) is 0. The molecule has 0 amide bonds. The summed E-state index contributed by atoms with van der Waals surface area (Å²) in [5, 5.41) is 8.21. The van der Waals surface area contributed by atoms with Crippen molar-refractivity contribution in [1.29, 1.82) is 0 Å². The summed E-state index contributed by atoms with van der Waals surface area (Å²) in [6, 6.07) is 1.83. The maximum atomic E-state index is 12.5. The van der Waals surface area contributed by atoms with Crippen LogP contribution in [0.1, 0.15) is 40.7 Å². The van der Waals surface area contributed by atoms with Crippen molar-refractivity contribution in [2.75, 3.05) is 13.2 Å². The first kappa shape index (κ1) is 15.9. The molecule has 1 N–H and O–H groups in total. The normalized spacial score (nSPS) is 23.4. The van der Waals surface area contributed by atoms with E-state index in [1.807, 2.05) is 12.4 Å². The van der Waals surface area contributed by atoms with Gasteiger partial charge in [-0.1, -0.05) is 0 Å². The summed E-state index contributed by atoms with van der Waals surface area (Å²) in [5.41, 5.74) is 5.14. The van der Waals surface area contributed by atoms with E-state index in [9.17, 15) is 4.79 Å². The fraction of sp³-hybridized carbons (Fsp3) is 0.588. The number of aryl methyl sites for hydroxylation is 3. The summed E-state index contributed by atoms with van der Waals surface area (Å²) in [5.74, 6) is 0. The van der Waals surface area contributed by atoms with Crippen LogP contribution in [-0.2, 0) is 24.1 Å². The van der Waals surface area contributed by atoms with Gasteiger partial charge in [-0.15, -0.1) is 11.3 Å². The lowest BCUT2D eigenvalue weighted by Gasteiger charge is -2.22. The van der Waals surface area contributed by atoms with Gasteiger partial charge in [-0.25, -0.2) is 9.67 Å². The van der Waals surface area contributed by atoms with Crippen LogP contribution in [0, 0.1) is 6.92 Å². The van der Waals surface area contributed by atoms with Gasteiger partial charge in [0.15, 0.2) is 0 Å². The molecule has 2 unspecified atom stereocenters. The Labute approximate surface area is 144 Å². The quantitative estimate of drug-likeness (QED) is 0.911. The summed E-state index contributed by atoms with van der Waals surface area (Å²) in [6.45, 7) is 3.91. The minimum absolute atomic E-state index is 0.00748. The second kappa shape index (κ2) is 6.74. The molecule has 24 heavy (non-hydrogen) atoms. The Morgan fingerprint density at radius 3 is 3.08 bits per heavy atom. The lowest BCUT2D eigenvalue weighted by molar-refractivity contribution is 0.180. The monoisotopic (exact) mass is 346 g/mol. The molecular formula is C17H22N4O2S. The number of rotatable bonds is 4. The van der Waals surface area contributed by atoms with Crippen molar-refractivity contribution in [2.45, 2.75) is 51.2 Å². The number of ether oxygens (including phenoxy) is 1. The van der Waals surface area contributed by atoms with Gasteiger partial charge in [0.25, 0.3) is 5.56 Å². The average Bonchev–Trinajstić information content (AvgIpc) is 3.21. The molecule has 0 radical (unpaired) electrons. The highest BCUT2D eigenvalue weighted by Gasteiger charge is 2.32. The van der Waals surface area contributed by atoms with Crippen molar-refractivity contribution in [2.24, 2.45) is 0 Å². The van der Waals surface area contributed by atoms with Crippen molar-refractivity contribution < 1.29 is 4.74 Å². The first-order valence-electron chi connectivity index (χ1n) is 8.54. The van der Waals surface area contributed by atoms with E-state index in [1.165, 1.54) is 4.88 Å². The first-order chi connectivity index (χ1) is 11.7. The van der Waals surface area contributed by atoms with Crippen molar-refractivity contribution in [3.8, 4) is 0 Å². The van der Waals surface area contributed by atoms with Crippen LogP contribution in [0.5, 0.6) is 0 Å². The molecule has 0 bridgehead atoms. The Morgan fingerprint density at radius 2 is 2.25 bits per heavy atom. The molecule has 2 aromatic rings. The number of nitrogens with zero attached hydrogens (tertiary/aromatic N) is 3. The number of hydrogen-bond donors (Lipinski definition) is 1. The van der Waals surface area contributed by atoms with E-state index in [4.69, 9.17) is 4.74 Å². The Hall–Kier alpha value is -1.57. The van der Waals surface area contributed by atoms with Gasteiger partial charge >= 0.3 is 0 Å². The number of aromatic nitrogens is 3. The van der Waals surface area contributed by atoms with Gasteiger partial charge in [0.05, 0.1) is 42.2 Å². The van der Waals surface area contributed by atoms with Gasteiger partial charge in [-0.2, -0.15) is 5.10 Å². The van der Waals surface area contributed by atoms with Crippen LogP contribution in [-0.4, -0.2) is 34.0 Å². The smallest absolute Gasteiger partial charge is 0.267 e. The molecule has 0 aromatic carbocycles. The third-order valence-electron chi connectivity index (χ3n) is 4.97. The summed E-state index contributed by atoms with van der Waals surface area (Å²) < 4.78 is 7.30. The van der Waals surface area contributed by atoms with Crippen molar-refractivity contribution in [3.05, 3.63) is 43.8 Å². The van der Waals surface area contributed by atoms with E-state index < -0.39 is 0 Å². The zero-order valence-electron chi connectivity index (χ0n) is 13.8. The van der Waals surface area contributed by atoms with Crippen LogP contribution in [0.15, 0.2) is 16.4 Å². The number of fused-ring (bicyclic) bond motifs is 1. The van der Waals surface area contributed by atoms with E-state index in [0.717, 1.165) is 49.2 Å². The van der Waals surface area contributed by atoms with Crippen LogP contribution in [0.2, 0.25) is 0 Å². The maximum Gasteiger partial charge on any atom is 0.267 e. The predicted octanol–water partition coefficient (Wildman–Crippen LogP) is 1.62. The van der Waals surface area contributed by atoms with Crippen molar-refractivity contribution in [1.82, 2.24) is 20.1 Å². The predicted molar refractivity (Wildman–Crippen MR) is 92.5 cm³/mol. The molecule has 1 saturated heterocycles.